The molecule has 0 saturated heterocycles. The Bertz CT molecular complexity index is 512. The molecule has 0 aliphatic heterocycles. The Morgan fingerprint density at radius 1 is 1.47 bits per heavy atom. The molecule has 0 atom stereocenters. The van der Waals surface area contributed by atoms with Crippen LogP contribution in [0.2, 0.25) is 0 Å². The summed E-state index contributed by atoms with van der Waals surface area (Å²) in [5, 5.41) is 3.40. The molecule has 0 aliphatic carbocycles. The molecule has 1 aromatic heterocycles. The minimum absolute atomic E-state index is 0.142. The zero-order valence-corrected chi connectivity index (χ0v) is 7.83. The van der Waals surface area contributed by atoms with E-state index in [1.807, 2.05) is 10.4 Å². The van der Waals surface area contributed by atoms with Gasteiger partial charge in [-0.25, -0.2) is 15.0 Å². The number of carbonyl (C=O) groups excluding carboxylic acids is 1. The van der Waals surface area contributed by atoms with E-state index in [4.69, 9.17) is 5.73 Å². The first-order valence-electron chi connectivity index (χ1n) is 3.92. The van der Waals surface area contributed by atoms with E-state index >= 15 is 0 Å². The van der Waals surface area contributed by atoms with Gasteiger partial charge in [-0.15, -0.1) is 0 Å². The number of nitrogens with one attached hydrogen (secondary N) is 3. The van der Waals surface area contributed by atoms with Crippen molar-refractivity contribution in [3.05, 3.63) is 32.1 Å². The normalized spacial score (nSPS) is 10.5. The Balaban J connectivity index is 3.05. The highest BCUT2D eigenvalue weighted by atomic mass is 16.2. The van der Waals surface area contributed by atoms with Crippen molar-refractivity contribution >= 4 is 12.2 Å². The highest BCUT2D eigenvalue weighted by Crippen LogP contribution is 1.89. The second kappa shape index (κ2) is 4.22. The average molecular weight is 211 g/mol. The molecule has 2 amide bonds. The third kappa shape index (κ3) is 2.79. The molecule has 1 aromatic rings. The number of carbonyl (C=O) groups is 1. The Morgan fingerprint density at radius 2 is 2.13 bits per heavy atom. The molecule has 0 radical (unpaired) electrons. The summed E-state index contributed by atoms with van der Waals surface area (Å²) in [6.07, 6.45) is 1.09. The first-order chi connectivity index (χ1) is 7.00. The van der Waals surface area contributed by atoms with E-state index < -0.39 is 17.3 Å². The largest absolute Gasteiger partial charge is 0.350 e. The van der Waals surface area contributed by atoms with Crippen LogP contribution in [0, 0.1) is 6.92 Å². The third-order valence-electron chi connectivity index (χ3n) is 1.55. The number of hydrogen-bond acceptors (Lipinski definition) is 4. The van der Waals surface area contributed by atoms with Crippen LogP contribution in [0.1, 0.15) is 11.3 Å². The Kier molecular flexibility index (Phi) is 3.01. The minimum atomic E-state index is -0.843. The van der Waals surface area contributed by atoms with Crippen LogP contribution in [-0.2, 0) is 0 Å². The molecule has 15 heavy (non-hydrogen) atoms. The zero-order valence-electron chi connectivity index (χ0n) is 7.83. The van der Waals surface area contributed by atoms with Gasteiger partial charge in [0.25, 0.3) is 5.56 Å². The summed E-state index contributed by atoms with van der Waals surface area (Å²) < 4.78 is 0. The van der Waals surface area contributed by atoms with E-state index in [0.29, 0.717) is 5.69 Å². The van der Waals surface area contributed by atoms with Gasteiger partial charge in [0.05, 0.1) is 11.8 Å². The van der Waals surface area contributed by atoms with Crippen molar-refractivity contribution in [3.8, 4) is 0 Å². The van der Waals surface area contributed by atoms with Gasteiger partial charge in [0.1, 0.15) is 0 Å². The van der Waals surface area contributed by atoms with E-state index in [9.17, 15) is 14.4 Å². The van der Waals surface area contributed by atoms with Crippen LogP contribution in [0.25, 0.3) is 0 Å². The van der Waals surface area contributed by atoms with Gasteiger partial charge >= 0.3 is 11.7 Å². The monoisotopic (exact) mass is 211 g/mol. The van der Waals surface area contributed by atoms with Gasteiger partial charge in [0, 0.05) is 5.69 Å². The van der Waals surface area contributed by atoms with Crippen molar-refractivity contribution in [2.45, 2.75) is 6.92 Å². The average Bonchev–Trinajstić information content (AvgIpc) is 2.08. The lowest BCUT2D eigenvalue weighted by Gasteiger charge is -1.96. The van der Waals surface area contributed by atoms with Gasteiger partial charge in [-0.1, -0.05) is 0 Å². The molecule has 0 aromatic carbocycles. The number of urea groups is 1. The van der Waals surface area contributed by atoms with E-state index in [2.05, 4.69) is 10.1 Å². The molecule has 5 N–H and O–H groups in total. The predicted molar refractivity (Wildman–Crippen MR) is 52.7 cm³/mol. The maximum atomic E-state index is 11.2. The van der Waals surface area contributed by atoms with Gasteiger partial charge in [-0.3, -0.25) is 9.78 Å². The molecule has 8 heteroatoms. The van der Waals surface area contributed by atoms with Crippen LogP contribution in [0.4, 0.5) is 4.79 Å². The third-order valence-corrected chi connectivity index (χ3v) is 1.55. The second-order valence-corrected chi connectivity index (χ2v) is 2.68. The van der Waals surface area contributed by atoms with Gasteiger partial charge in [0.2, 0.25) is 0 Å². The number of primary amides is 1. The van der Waals surface area contributed by atoms with Crippen LogP contribution in [0.15, 0.2) is 14.7 Å². The van der Waals surface area contributed by atoms with Crippen molar-refractivity contribution in [1.29, 1.82) is 0 Å². The maximum absolute atomic E-state index is 11.2. The standard InChI is InChI=1S/C7H9N5O3/c1-3-4(2-9-12-6(8)14)5(13)11-7(15)10-3/h2H,1H3,(H3,8,12,14)(H2,10,11,13,15). The second-order valence-electron chi connectivity index (χ2n) is 2.68. The quantitative estimate of drug-likeness (QED) is 0.345. The smallest absolute Gasteiger partial charge is 0.332 e. The van der Waals surface area contributed by atoms with Crippen molar-refractivity contribution in [1.82, 2.24) is 15.4 Å². The Labute approximate surface area is 83.2 Å². The molecule has 0 fully saturated rings. The van der Waals surface area contributed by atoms with Crippen LogP contribution in [-0.4, -0.2) is 22.2 Å². The number of aromatic nitrogens is 2. The van der Waals surface area contributed by atoms with Crippen molar-refractivity contribution in [2.24, 2.45) is 10.8 Å². The number of H-pyrrole nitrogens is 2. The maximum Gasteiger partial charge on any atom is 0.332 e. The topological polar surface area (TPSA) is 133 Å². The number of nitrogens with two attached hydrogens (primary N) is 1. The van der Waals surface area contributed by atoms with E-state index in [1.165, 1.54) is 6.92 Å². The van der Waals surface area contributed by atoms with Crippen molar-refractivity contribution in [2.75, 3.05) is 0 Å². The number of aromatic amines is 2. The molecule has 1 heterocycles. The highest BCUT2D eigenvalue weighted by molar-refractivity contribution is 5.81. The number of nitrogens with zero attached hydrogens (tertiary/aromatic N) is 1. The summed E-state index contributed by atoms with van der Waals surface area (Å²) in [5.74, 6) is 0. The molecule has 0 saturated carbocycles. The SMILES string of the molecule is Cc1[nH]c(=O)[nH]c(=O)c1C=NNC(N)=O. The number of amides is 2. The highest BCUT2D eigenvalue weighted by Gasteiger charge is 2.02. The van der Waals surface area contributed by atoms with Gasteiger partial charge < -0.3 is 10.7 Å². The molecule has 0 bridgehead atoms. The van der Waals surface area contributed by atoms with Gasteiger partial charge in [-0.2, -0.15) is 5.10 Å². The summed E-state index contributed by atoms with van der Waals surface area (Å²) in [4.78, 5) is 36.7. The number of rotatable bonds is 2. The van der Waals surface area contributed by atoms with Gasteiger partial charge in [-0.05, 0) is 6.92 Å². The van der Waals surface area contributed by atoms with Crippen LogP contribution in [0.3, 0.4) is 0 Å². The number of aryl methyl sites for hydroxylation is 1. The fraction of sp³-hybridized carbons (Fsp3) is 0.143. The summed E-state index contributed by atoms with van der Waals surface area (Å²) in [5.41, 5.74) is 5.97. The number of hydrogen-bond donors (Lipinski definition) is 4. The molecular formula is C7H9N5O3. The summed E-state index contributed by atoms with van der Waals surface area (Å²) in [6.45, 7) is 1.53. The summed E-state index contributed by atoms with van der Waals surface area (Å²) >= 11 is 0. The lowest BCUT2D eigenvalue weighted by atomic mass is 10.2. The van der Waals surface area contributed by atoms with Crippen LogP contribution >= 0.6 is 0 Å². The number of hydrazone groups is 1. The minimum Gasteiger partial charge on any atom is -0.350 e. The Morgan fingerprint density at radius 3 is 2.67 bits per heavy atom. The predicted octanol–water partition coefficient (Wildman–Crippen LogP) is -1.63. The van der Waals surface area contributed by atoms with Crippen molar-refractivity contribution < 1.29 is 4.79 Å². The van der Waals surface area contributed by atoms with E-state index in [-0.39, 0.29) is 5.56 Å². The summed E-state index contributed by atoms with van der Waals surface area (Å²) in [6, 6.07) is -0.843. The first-order valence-corrected chi connectivity index (χ1v) is 3.92. The molecule has 80 valence electrons. The Hall–Kier alpha value is -2.38. The summed E-state index contributed by atoms with van der Waals surface area (Å²) in [7, 11) is 0. The molecule has 8 nitrogen and oxygen atoms in total. The molecular weight excluding hydrogens is 202 g/mol. The molecule has 1 rings (SSSR count). The van der Waals surface area contributed by atoms with E-state index in [0.717, 1.165) is 6.21 Å². The zero-order chi connectivity index (χ0) is 11.4. The van der Waals surface area contributed by atoms with E-state index in [1.54, 1.807) is 0 Å². The van der Waals surface area contributed by atoms with Gasteiger partial charge in [0.15, 0.2) is 0 Å². The fourth-order valence-corrected chi connectivity index (χ4v) is 0.926. The first kappa shape index (κ1) is 10.7. The molecule has 0 aliphatic rings. The molecule has 0 unspecified atom stereocenters. The van der Waals surface area contributed by atoms with Crippen LogP contribution in [0.5, 0.6) is 0 Å². The lowest BCUT2D eigenvalue weighted by molar-refractivity contribution is 0.249. The molecule has 0 spiro atoms. The lowest BCUT2D eigenvalue weighted by Crippen LogP contribution is -2.28. The van der Waals surface area contributed by atoms with Crippen LogP contribution < -0.4 is 22.4 Å². The van der Waals surface area contributed by atoms with Crippen molar-refractivity contribution in [3.63, 3.8) is 0 Å². The fourth-order valence-electron chi connectivity index (χ4n) is 0.926.